The second-order valence-electron chi connectivity index (χ2n) is 3.05. The molecule has 0 radical (unpaired) electrons. The number of rotatable bonds is 1. The van der Waals surface area contributed by atoms with Crippen molar-refractivity contribution in [3.8, 4) is 11.3 Å². The molecule has 0 aliphatic carbocycles. The third-order valence-corrected chi connectivity index (χ3v) is 2.54. The molecule has 0 saturated carbocycles. The number of nitrogens with one attached hydrogen (secondary N) is 1. The predicted octanol–water partition coefficient (Wildman–Crippen LogP) is 3.35. The summed E-state index contributed by atoms with van der Waals surface area (Å²) in [7, 11) is 0. The van der Waals surface area contributed by atoms with Gasteiger partial charge in [-0.25, -0.2) is 0 Å². The molecular weight excluding hydrogens is 233 g/mol. The molecule has 0 aliphatic rings. The first-order chi connectivity index (χ1) is 7.16. The van der Waals surface area contributed by atoms with Crippen molar-refractivity contribution in [2.75, 3.05) is 0 Å². The van der Waals surface area contributed by atoms with E-state index in [1.165, 1.54) is 6.07 Å². The molecular formula is C11H7Cl2NO. The molecule has 15 heavy (non-hydrogen) atoms. The van der Waals surface area contributed by atoms with E-state index in [0.717, 1.165) is 5.56 Å². The largest absolute Gasteiger partial charge is 0.322 e. The number of hydrogen-bond donors (Lipinski definition) is 1. The smallest absolute Gasteiger partial charge is 0.248 e. The monoisotopic (exact) mass is 239 g/mol. The number of benzene rings is 1. The highest BCUT2D eigenvalue weighted by Gasteiger charge is 2.04. The lowest BCUT2D eigenvalue weighted by Gasteiger charge is -2.03. The zero-order valence-corrected chi connectivity index (χ0v) is 9.14. The van der Waals surface area contributed by atoms with E-state index in [0.29, 0.717) is 15.7 Å². The fourth-order valence-electron chi connectivity index (χ4n) is 1.31. The molecule has 0 spiro atoms. The Morgan fingerprint density at radius 1 is 1.07 bits per heavy atom. The molecule has 2 nitrogen and oxygen atoms in total. The van der Waals surface area contributed by atoms with Crippen LogP contribution in [0.25, 0.3) is 11.3 Å². The first kappa shape index (κ1) is 10.3. The van der Waals surface area contributed by atoms with Crippen LogP contribution in [0.1, 0.15) is 0 Å². The summed E-state index contributed by atoms with van der Waals surface area (Å²) in [6.45, 7) is 0. The van der Waals surface area contributed by atoms with Crippen molar-refractivity contribution in [1.82, 2.24) is 4.98 Å². The second kappa shape index (κ2) is 4.09. The number of pyridine rings is 1. The van der Waals surface area contributed by atoms with Gasteiger partial charge in [0, 0.05) is 22.3 Å². The normalized spacial score (nSPS) is 10.3. The third-order valence-electron chi connectivity index (χ3n) is 1.99. The van der Waals surface area contributed by atoms with Gasteiger partial charge in [0.2, 0.25) is 5.56 Å². The van der Waals surface area contributed by atoms with Crippen LogP contribution in [0, 0.1) is 0 Å². The van der Waals surface area contributed by atoms with E-state index in [1.807, 2.05) is 0 Å². The van der Waals surface area contributed by atoms with Crippen LogP contribution in [0.3, 0.4) is 0 Å². The molecule has 0 bridgehead atoms. The maximum atomic E-state index is 11.1. The van der Waals surface area contributed by atoms with Crippen LogP contribution in [0.5, 0.6) is 0 Å². The second-order valence-corrected chi connectivity index (χ2v) is 3.90. The summed E-state index contributed by atoms with van der Waals surface area (Å²) >= 11 is 11.8. The highest BCUT2D eigenvalue weighted by molar-refractivity contribution is 6.36. The summed E-state index contributed by atoms with van der Waals surface area (Å²) in [6, 6.07) is 10.1. The fourth-order valence-corrected chi connectivity index (χ4v) is 1.82. The third kappa shape index (κ3) is 2.22. The number of halogens is 2. The molecule has 0 unspecified atom stereocenters. The van der Waals surface area contributed by atoms with Crippen molar-refractivity contribution < 1.29 is 0 Å². The average molecular weight is 240 g/mol. The molecule has 1 N–H and O–H groups in total. The Hall–Kier alpha value is -1.25. The molecule has 2 rings (SSSR count). The lowest BCUT2D eigenvalue weighted by atomic mass is 10.1. The zero-order chi connectivity index (χ0) is 10.8. The Labute approximate surface area is 96.5 Å². The average Bonchev–Trinajstić information content (AvgIpc) is 2.17. The molecule has 1 heterocycles. The highest BCUT2D eigenvalue weighted by Crippen LogP contribution is 2.28. The van der Waals surface area contributed by atoms with E-state index in [1.54, 1.807) is 30.3 Å². The van der Waals surface area contributed by atoms with Crippen molar-refractivity contribution in [2.24, 2.45) is 0 Å². The van der Waals surface area contributed by atoms with Crippen molar-refractivity contribution in [3.63, 3.8) is 0 Å². The van der Waals surface area contributed by atoms with Gasteiger partial charge in [-0.1, -0.05) is 29.3 Å². The minimum absolute atomic E-state index is 0.154. The van der Waals surface area contributed by atoms with Crippen LogP contribution in [0.4, 0.5) is 0 Å². The summed E-state index contributed by atoms with van der Waals surface area (Å²) in [5.41, 5.74) is 1.29. The molecule has 1 aromatic heterocycles. The van der Waals surface area contributed by atoms with Gasteiger partial charge in [-0.3, -0.25) is 4.79 Å². The van der Waals surface area contributed by atoms with Gasteiger partial charge in [0.05, 0.1) is 5.02 Å². The summed E-state index contributed by atoms with van der Waals surface area (Å²) in [5, 5.41) is 1.09. The zero-order valence-electron chi connectivity index (χ0n) is 7.63. The minimum Gasteiger partial charge on any atom is -0.322 e. The van der Waals surface area contributed by atoms with Gasteiger partial charge in [0.1, 0.15) is 0 Å². The van der Waals surface area contributed by atoms with Gasteiger partial charge in [-0.2, -0.15) is 0 Å². The van der Waals surface area contributed by atoms with Crippen LogP contribution in [-0.4, -0.2) is 4.98 Å². The van der Waals surface area contributed by atoms with E-state index in [9.17, 15) is 4.79 Å². The Balaban J connectivity index is 2.59. The molecule has 0 saturated heterocycles. The van der Waals surface area contributed by atoms with Crippen molar-refractivity contribution in [1.29, 1.82) is 0 Å². The Morgan fingerprint density at radius 3 is 2.53 bits per heavy atom. The Bertz CT molecular complexity index is 548. The molecule has 4 heteroatoms. The Kier molecular flexibility index (Phi) is 2.80. The van der Waals surface area contributed by atoms with Crippen LogP contribution >= 0.6 is 23.2 Å². The number of aromatic amines is 1. The van der Waals surface area contributed by atoms with Gasteiger partial charge in [0.25, 0.3) is 0 Å². The van der Waals surface area contributed by atoms with E-state index >= 15 is 0 Å². The molecule has 1 aromatic carbocycles. The summed E-state index contributed by atoms with van der Waals surface area (Å²) in [5.74, 6) is 0. The Morgan fingerprint density at radius 2 is 1.87 bits per heavy atom. The van der Waals surface area contributed by atoms with Gasteiger partial charge >= 0.3 is 0 Å². The maximum absolute atomic E-state index is 11.1. The van der Waals surface area contributed by atoms with Crippen molar-refractivity contribution in [2.45, 2.75) is 0 Å². The fraction of sp³-hybridized carbons (Fsp3) is 0. The van der Waals surface area contributed by atoms with Crippen LogP contribution < -0.4 is 5.56 Å². The lowest BCUT2D eigenvalue weighted by Crippen LogP contribution is -2.03. The molecule has 76 valence electrons. The van der Waals surface area contributed by atoms with Crippen LogP contribution in [0.15, 0.2) is 41.2 Å². The first-order valence-electron chi connectivity index (χ1n) is 4.31. The predicted molar refractivity (Wildman–Crippen MR) is 62.5 cm³/mol. The molecule has 0 aliphatic heterocycles. The molecule has 0 amide bonds. The first-order valence-corrected chi connectivity index (χ1v) is 5.07. The standard InChI is InChI=1S/C11H7Cl2NO/c12-7-4-5-8(9(13)6-7)10-2-1-3-11(15)14-10/h1-6H,(H,14,15). The summed E-state index contributed by atoms with van der Waals surface area (Å²) < 4.78 is 0. The number of aromatic nitrogens is 1. The van der Waals surface area contributed by atoms with Crippen LogP contribution in [0.2, 0.25) is 10.0 Å². The quantitative estimate of drug-likeness (QED) is 0.814. The molecule has 0 atom stereocenters. The van der Waals surface area contributed by atoms with Gasteiger partial charge in [0.15, 0.2) is 0 Å². The van der Waals surface area contributed by atoms with E-state index in [4.69, 9.17) is 23.2 Å². The molecule has 0 fully saturated rings. The topological polar surface area (TPSA) is 32.9 Å². The van der Waals surface area contributed by atoms with Gasteiger partial charge in [-0.05, 0) is 24.3 Å². The highest BCUT2D eigenvalue weighted by atomic mass is 35.5. The van der Waals surface area contributed by atoms with Gasteiger partial charge < -0.3 is 4.98 Å². The lowest BCUT2D eigenvalue weighted by molar-refractivity contribution is 1.24. The van der Waals surface area contributed by atoms with E-state index in [2.05, 4.69) is 4.98 Å². The van der Waals surface area contributed by atoms with E-state index < -0.39 is 0 Å². The maximum Gasteiger partial charge on any atom is 0.248 e. The summed E-state index contributed by atoms with van der Waals surface area (Å²) in [6.07, 6.45) is 0. The van der Waals surface area contributed by atoms with Crippen molar-refractivity contribution >= 4 is 23.2 Å². The van der Waals surface area contributed by atoms with E-state index in [-0.39, 0.29) is 5.56 Å². The summed E-state index contributed by atoms with van der Waals surface area (Å²) in [4.78, 5) is 13.8. The van der Waals surface area contributed by atoms with Crippen molar-refractivity contribution in [3.05, 3.63) is 56.8 Å². The number of H-pyrrole nitrogens is 1. The number of hydrogen-bond acceptors (Lipinski definition) is 1. The van der Waals surface area contributed by atoms with Gasteiger partial charge in [-0.15, -0.1) is 0 Å². The van der Waals surface area contributed by atoms with Crippen LogP contribution in [-0.2, 0) is 0 Å². The minimum atomic E-state index is -0.154. The molecule has 2 aromatic rings. The SMILES string of the molecule is O=c1cccc(-c2ccc(Cl)cc2Cl)[nH]1.